The van der Waals surface area contributed by atoms with Gasteiger partial charge in [0.15, 0.2) is 6.67 Å². The number of sulfonamides is 1. The van der Waals surface area contributed by atoms with Gasteiger partial charge in [0.1, 0.15) is 4.21 Å². The smallest absolute Gasteiger partial charge is 0.252 e. The van der Waals surface area contributed by atoms with E-state index in [0.717, 1.165) is 30.1 Å². The van der Waals surface area contributed by atoms with Crippen molar-refractivity contribution in [2.45, 2.75) is 10.9 Å². The number of rotatable bonds is 7. The highest BCUT2D eigenvalue weighted by molar-refractivity contribution is 7.91. The van der Waals surface area contributed by atoms with Crippen LogP contribution in [0.3, 0.4) is 0 Å². The molecule has 4 rings (SSSR count). The third-order valence-corrected chi connectivity index (χ3v) is 8.22. The van der Waals surface area contributed by atoms with E-state index in [-0.39, 0.29) is 6.61 Å². The van der Waals surface area contributed by atoms with E-state index >= 15 is 0 Å². The van der Waals surface area contributed by atoms with Crippen LogP contribution in [0.15, 0.2) is 46.0 Å². The minimum Gasteiger partial charge on any atom is -0.395 e. The Morgan fingerprint density at radius 2 is 1.96 bits per heavy atom. The summed E-state index contributed by atoms with van der Waals surface area (Å²) in [6, 6.07) is 11.4. The Labute approximate surface area is 168 Å². The van der Waals surface area contributed by atoms with Crippen molar-refractivity contribution in [3.8, 4) is 0 Å². The van der Waals surface area contributed by atoms with Crippen molar-refractivity contribution in [2.75, 3.05) is 44.6 Å². The minimum atomic E-state index is -3.38. The van der Waals surface area contributed by atoms with Gasteiger partial charge >= 0.3 is 0 Å². The standard InChI is InChI=1S/C18H23N5O3S2/c24-12-7-19-18-20-15-4-1-2-5-16(15)23(18)14-21-8-10-22(11-9-21)28(25,26)17-6-3-13-27-17/h1-6,13,24H,7-12,14H2,(H,19,20)/p+1. The summed E-state index contributed by atoms with van der Waals surface area (Å²) in [6.07, 6.45) is 0. The second-order valence-corrected chi connectivity index (χ2v) is 9.86. The Morgan fingerprint density at radius 3 is 2.68 bits per heavy atom. The highest BCUT2D eigenvalue weighted by Gasteiger charge is 2.31. The zero-order valence-electron chi connectivity index (χ0n) is 15.4. The number of imidazole rings is 1. The van der Waals surface area contributed by atoms with Crippen LogP contribution < -0.4 is 10.2 Å². The summed E-state index contributed by atoms with van der Waals surface area (Å²) in [4.78, 5) is 5.93. The van der Waals surface area contributed by atoms with Gasteiger partial charge in [0.2, 0.25) is 5.95 Å². The van der Waals surface area contributed by atoms with E-state index in [0.29, 0.717) is 30.5 Å². The molecule has 0 atom stereocenters. The molecule has 28 heavy (non-hydrogen) atoms. The van der Waals surface area contributed by atoms with Gasteiger partial charge < -0.3 is 15.3 Å². The Bertz CT molecular complexity index is 1020. The number of benzene rings is 1. The van der Waals surface area contributed by atoms with E-state index in [1.54, 1.807) is 21.8 Å². The van der Waals surface area contributed by atoms with Crippen LogP contribution in [-0.4, -0.2) is 66.7 Å². The van der Waals surface area contributed by atoms with Crippen LogP contribution >= 0.6 is 11.3 Å². The quantitative estimate of drug-likeness (QED) is 0.500. The maximum Gasteiger partial charge on any atom is 0.252 e. The van der Waals surface area contributed by atoms with E-state index in [2.05, 4.69) is 14.9 Å². The molecule has 1 aromatic carbocycles. The van der Waals surface area contributed by atoms with Gasteiger partial charge in [0.05, 0.1) is 43.8 Å². The molecule has 3 N–H and O–H groups in total. The van der Waals surface area contributed by atoms with E-state index in [1.807, 2.05) is 24.3 Å². The second kappa shape index (κ2) is 8.18. The molecule has 0 spiro atoms. The zero-order valence-corrected chi connectivity index (χ0v) is 17.0. The summed E-state index contributed by atoms with van der Waals surface area (Å²) in [6.45, 7) is 3.64. The first-order valence-electron chi connectivity index (χ1n) is 9.27. The highest BCUT2D eigenvalue weighted by atomic mass is 32.2. The van der Waals surface area contributed by atoms with Crippen molar-refractivity contribution < 1.29 is 18.4 Å². The first-order valence-corrected chi connectivity index (χ1v) is 11.6. The fourth-order valence-electron chi connectivity index (χ4n) is 3.50. The number of thiophene rings is 1. The van der Waals surface area contributed by atoms with Crippen molar-refractivity contribution in [1.82, 2.24) is 13.9 Å². The molecular weight excluding hydrogens is 398 g/mol. The molecule has 8 nitrogen and oxygen atoms in total. The van der Waals surface area contributed by atoms with Gasteiger partial charge in [-0.2, -0.15) is 4.31 Å². The zero-order chi connectivity index (χ0) is 19.6. The second-order valence-electron chi connectivity index (χ2n) is 6.75. The van der Waals surface area contributed by atoms with Gasteiger partial charge in [0, 0.05) is 6.54 Å². The molecular formula is C18H24N5O3S2+. The van der Waals surface area contributed by atoms with Crippen LogP contribution in [0.1, 0.15) is 0 Å². The number of aliphatic hydroxyl groups excluding tert-OH is 1. The monoisotopic (exact) mass is 422 g/mol. The summed E-state index contributed by atoms with van der Waals surface area (Å²) < 4.78 is 29.5. The number of para-hydroxylation sites is 2. The van der Waals surface area contributed by atoms with Crippen LogP contribution in [0.25, 0.3) is 11.0 Å². The van der Waals surface area contributed by atoms with Crippen molar-refractivity contribution in [2.24, 2.45) is 0 Å². The summed E-state index contributed by atoms with van der Waals surface area (Å²) in [7, 11) is -3.38. The number of nitrogens with one attached hydrogen (secondary N) is 2. The van der Waals surface area contributed by atoms with Gasteiger partial charge in [-0.1, -0.05) is 18.2 Å². The van der Waals surface area contributed by atoms with Crippen molar-refractivity contribution >= 4 is 38.3 Å². The number of hydrogen-bond acceptors (Lipinski definition) is 6. The van der Waals surface area contributed by atoms with Gasteiger partial charge in [-0.25, -0.2) is 13.4 Å². The topological polar surface area (TPSA) is 91.9 Å². The average Bonchev–Trinajstić information content (AvgIpc) is 3.36. The largest absolute Gasteiger partial charge is 0.395 e. The first kappa shape index (κ1) is 19.3. The summed E-state index contributed by atoms with van der Waals surface area (Å²) in [5.41, 5.74) is 1.94. The number of nitrogens with zero attached hydrogens (tertiary/aromatic N) is 3. The van der Waals surface area contributed by atoms with Gasteiger partial charge in [-0.15, -0.1) is 11.3 Å². The lowest BCUT2D eigenvalue weighted by molar-refractivity contribution is -0.925. The molecule has 0 aliphatic carbocycles. The lowest BCUT2D eigenvalue weighted by Crippen LogP contribution is -3.14. The van der Waals surface area contributed by atoms with Gasteiger partial charge in [0.25, 0.3) is 10.0 Å². The molecule has 3 aromatic rings. The summed E-state index contributed by atoms with van der Waals surface area (Å²) >= 11 is 1.26. The number of aliphatic hydroxyl groups is 1. The number of aromatic nitrogens is 2. The summed E-state index contributed by atoms with van der Waals surface area (Å²) in [5, 5.41) is 14.1. The Balaban J connectivity index is 1.48. The molecule has 3 heterocycles. The lowest BCUT2D eigenvalue weighted by atomic mass is 10.3. The highest BCUT2D eigenvalue weighted by Crippen LogP contribution is 2.21. The SMILES string of the molecule is O=S(=O)(c1cccs1)N1CC[NH+](Cn2c(NCCO)nc3ccccc32)CC1. The molecule has 1 saturated heterocycles. The molecule has 0 bridgehead atoms. The minimum absolute atomic E-state index is 0.0370. The third kappa shape index (κ3) is 3.78. The van der Waals surface area contributed by atoms with Gasteiger partial charge in [-0.3, -0.25) is 4.57 Å². The number of fused-ring (bicyclic) bond motifs is 1. The van der Waals surface area contributed by atoms with Crippen molar-refractivity contribution in [3.05, 3.63) is 41.8 Å². The molecule has 2 aromatic heterocycles. The van der Waals surface area contributed by atoms with Gasteiger partial charge in [-0.05, 0) is 23.6 Å². The van der Waals surface area contributed by atoms with Crippen molar-refractivity contribution in [3.63, 3.8) is 0 Å². The third-order valence-electron chi connectivity index (χ3n) is 4.95. The van der Waals surface area contributed by atoms with Crippen LogP contribution in [0.2, 0.25) is 0 Å². The molecule has 1 aliphatic heterocycles. The fraction of sp³-hybridized carbons (Fsp3) is 0.389. The number of hydrogen-bond donors (Lipinski definition) is 3. The van der Waals surface area contributed by atoms with Crippen LogP contribution in [-0.2, 0) is 16.7 Å². The predicted molar refractivity (Wildman–Crippen MR) is 109 cm³/mol. The maximum absolute atomic E-state index is 12.7. The molecule has 150 valence electrons. The molecule has 0 unspecified atom stereocenters. The van der Waals surface area contributed by atoms with Crippen LogP contribution in [0.4, 0.5) is 5.95 Å². The predicted octanol–water partition coefficient (Wildman–Crippen LogP) is 0.0489. The Morgan fingerprint density at radius 1 is 1.18 bits per heavy atom. The van der Waals surface area contributed by atoms with E-state index < -0.39 is 10.0 Å². The molecule has 1 aliphatic rings. The molecule has 10 heteroatoms. The maximum atomic E-state index is 12.7. The average molecular weight is 423 g/mol. The number of piperazine rings is 1. The van der Waals surface area contributed by atoms with E-state index in [9.17, 15) is 8.42 Å². The Kier molecular flexibility index (Phi) is 5.65. The van der Waals surface area contributed by atoms with Crippen molar-refractivity contribution in [1.29, 1.82) is 0 Å². The molecule has 0 radical (unpaired) electrons. The van der Waals surface area contributed by atoms with Crippen LogP contribution in [0, 0.1) is 0 Å². The molecule has 0 saturated carbocycles. The van der Waals surface area contributed by atoms with Crippen LogP contribution in [0.5, 0.6) is 0 Å². The summed E-state index contributed by atoms with van der Waals surface area (Å²) in [5.74, 6) is 0.733. The molecule has 0 amide bonds. The fourth-order valence-corrected chi connectivity index (χ4v) is 6.09. The molecule has 1 fully saturated rings. The Hall–Kier alpha value is -1.98. The first-order chi connectivity index (χ1) is 13.6. The van der Waals surface area contributed by atoms with E-state index in [4.69, 9.17) is 5.11 Å². The lowest BCUT2D eigenvalue weighted by Gasteiger charge is -2.31. The normalized spacial score (nSPS) is 16.6. The van der Waals surface area contributed by atoms with E-state index in [1.165, 1.54) is 16.2 Å². The number of quaternary nitrogens is 1. The number of anilines is 1.